The maximum Gasteiger partial charge on any atom is 0.343 e. The number of carbonyl (C=O) groups is 1. The van der Waals surface area contributed by atoms with Gasteiger partial charge in [0.05, 0.1) is 34.6 Å². The quantitative estimate of drug-likeness (QED) is 0.389. The topological polar surface area (TPSA) is 103 Å². The van der Waals surface area contributed by atoms with Crippen LogP contribution in [-0.2, 0) is 28.3 Å². The fourth-order valence-corrected chi connectivity index (χ4v) is 5.84. The molecule has 0 saturated heterocycles. The van der Waals surface area contributed by atoms with Crippen LogP contribution in [0.4, 0.5) is 4.39 Å². The second-order valence-electron chi connectivity index (χ2n) is 10.8. The minimum Gasteiger partial charge on any atom is -0.458 e. The van der Waals surface area contributed by atoms with Crippen LogP contribution in [0.25, 0.3) is 22.2 Å². The van der Waals surface area contributed by atoms with Crippen LogP contribution in [0.5, 0.6) is 0 Å². The first-order chi connectivity index (χ1) is 17.7. The molecule has 2 aliphatic heterocycles. The van der Waals surface area contributed by atoms with Crippen molar-refractivity contribution in [1.29, 1.82) is 0 Å². The van der Waals surface area contributed by atoms with E-state index in [9.17, 15) is 23.9 Å². The van der Waals surface area contributed by atoms with Crippen LogP contribution >= 0.6 is 0 Å². The molecule has 0 amide bonds. The number of aliphatic hydroxyl groups is 1. The summed E-state index contributed by atoms with van der Waals surface area (Å²) in [6, 6.07) is 6.24. The zero-order valence-corrected chi connectivity index (χ0v) is 21.1. The second-order valence-corrected chi connectivity index (χ2v) is 10.8. The molecule has 3 aliphatic rings. The maximum atomic E-state index is 14.4. The molecule has 37 heavy (non-hydrogen) atoms. The van der Waals surface area contributed by atoms with Crippen LogP contribution < -0.4 is 16.3 Å². The van der Waals surface area contributed by atoms with E-state index in [-0.39, 0.29) is 53.5 Å². The van der Waals surface area contributed by atoms with Gasteiger partial charge < -0.3 is 24.3 Å². The van der Waals surface area contributed by atoms with Gasteiger partial charge in [-0.1, -0.05) is 20.8 Å². The molecule has 4 heterocycles. The molecule has 1 saturated carbocycles. The summed E-state index contributed by atoms with van der Waals surface area (Å²) >= 11 is 0. The number of esters is 1. The molecule has 0 spiro atoms. The van der Waals surface area contributed by atoms with E-state index < -0.39 is 22.9 Å². The van der Waals surface area contributed by atoms with E-state index in [1.54, 1.807) is 19.1 Å². The molecular formula is C28H30FN3O5. The first-order valence-corrected chi connectivity index (χ1v) is 12.9. The Bertz CT molecular complexity index is 1590. The second kappa shape index (κ2) is 8.36. The number of cyclic esters (lactones) is 1. The van der Waals surface area contributed by atoms with E-state index >= 15 is 0 Å². The Hall–Kier alpha value is -3.30. The number of carbonyl (C=O) groups excluding carboxylic acids is 1. The van der Waals surface area contributed by atoms with Gasteiger partial charge in [0.2, 0.25) is 0 Å². The van der Waals surface area contributed by atoms with Crippen molar-refractivity contribution in [2.75, 3.05) is 6.54 Å². The highest BCUT2D eigenvalue weighted by atomic mass is 19.1. The number of aromatic nitrogens is 2. The van der Waals surface area contributed by atoms with Gasteiger partial charge in [-0.3, -0.25) is 9.59 Å². The highest BCUT2D eigenvalue weighted by Gasteiger charge is 2.45. The molecule has 2 atom stereocenters. The molecule has 2 aromatic heterocycles. The van der Waals surface area contributed by atoms with Crippen LogP contribution in [-0.4, -0.2) is 32.8 Å². The number of benzene rings is 1. The molecule has 9 heteroatoms. The van der Waals surface area contributed by atoms with Gasteiger partial charge in [0.1, 0.15) is 12.4 Å². The molecule has 0 unspecified atom stereocenters. The first-order valence-electron chi connectivity index (χ1n) is 12.9. The molecule has 2 N–H and O–H groups in total. The van der Waals surface area contributed by atoms with Crippen molar-refractivity contribution < 1.29 is 19.0 Å². The van der Waals surface area contributed by atoms with Gasteiger partial charge in [-0.05, 0) is 49.4 Å². The molecule has 194 valence electrons. The number of nitrogens with zero attached hydrogens (tertiary/aromatic N) is 2. The van der Waals surface area contributed by atoms with E-state index in [2.05, 4.69) is 23.7 Å². The summed E-state index contributed by atoms with van der Waals surface area (Å²) in [6.45, 7) is 6.45. The number of halogens is 1. The molecular weight excluding hydrogens is 477 g/mol. The third kappa shape index (κ3) is 3.51. The van der Waals surface area contributed by atoms with Crippen molar-refractivity contribution >= 4 is 16.9 Å². The number of rotatable bonds is 6. The number of hydrogen-bond donors (Lipinski definition) is 2. The largest absolute Gasteiger partial charge is 0.458 e. The normalized spacial score (nSPS) is 21.1. The van der Waals surface area contributed by atoms with Crippen molar-refractivity contribution in [2.45, 2.75) is 70.9 Å². The van der Waals surface area contributed by atoms with Gasteiger partial charge in [-0.2, -0.15) is 0 Å². The summed E-state index contributed by atoms with van der Waals surface area (Å²) in [5.41, 5.74) is -0.411. The molecule has 0 bridgehead atoms. The van der Waals surface area contributed by atoms with Gasteiger partial charge in [-0.15, -0.1) is 0 Å². The average molecular weight is 508 g/mol. The Morgan fingerprint density at radius 1 is 1.22 bits per heavy atom. The fraction of sp³-hybridized carbons (Fsp3) is 0.464. The standard InChI is InChI=1S/C28H30FN3O5/c1-4-28(36)19-10-21-24-23(12-31(21)26(34)18(19)13-37-27(28)35)32(22(14(2)3)11-30-16-6-7-16)20-8-5-15(29)9-17(20)25(24)33/h5,8-10,14,16,22,30,36H,4,6-7,11-13H2,1-3H3/t22-,28+/m1/s1. The fourth-order valence-electron chi connectivity index (χ4n) is 5.84. The summed E-state index contributed by atoms with van der Waals surface area (Å²) in [6.07, 6.45) is 2.28. The molecule has 1 fully saturated rings. The predicted molar refractivity (Wildman–Crippen MR) is 136 cm³/mol. The molecule has 8 nitrogen and oxygen atoms in total. The molecule has 1 aliphatic carbocycles. The lowest BCUT2D eigenvalue weighted by atomic mass is 9.85. The number of nitrogens with one attached hydrogen (secondary N) is 1. The Morgan fingerprint density at radius 2 is 1.97 bits per heavy atom. The molecule has 6 rings (SSSR count). The summed E-state index contributed by atoms with van der Waals surface area (Å²) in [7, 11) is 0. The Kier molecular flexibility index (Phi) is 5.44. The van der Waals surface area contributed by atoms with Crippen LogP contribution in [0.2, 0.25) is 0 Å². The third-order valence-corrected chi connectivity index (χ3v) is 8.17. The Labute approximate surface area is 212 Å². The first kappa shape index (κ1) is 24.1. The minimum absolute atomic E-state index is 0.0179. The van der Waals surface area contributed by atoms with Gasteiger partial charge in [-0.25, -0.2) is 9.18 Å². The Balaban J connectivity index is 1.65. The smallest absolute Gasteiger partial charge is 0.343 e. The number of hydrogen-bond acceptors (Lipinski definition) is 6. The summed E-state index contributed by atoms with van der Waals surface area (Å²) < 4.78 is 23.2. The van der Waals surface area contributed by atoms with Gasteiger partial charge in [0.25, 0.3) is 5.56 Å². The number of ether oxygens (including phenoxy) is 1. The third-order valence-electron chi connectivity index (χ3n) is 8.17. The van der Waals surface area contributed by atoms with Crippen molar-refractivity contribution in [2.24, 2.45) is 5.92 Å². The van der Waals surface area contributed by atoms with Crippen LogP contribution in [0.15, 0.2) is 33.9 Å². The minimum atomic E-state index is -1.97. The molecule has 0 radical (unpaired) electrons. The van der Waals surface area contributed by atoms with Gasteiger partial charge >= 0.3 is 5.97 Å². The van der Waals surface area contributed by atoms with E-state index in [0.29, 0.717) is 35.1 Å². The van der Waals surface area contributed by atoms with Crippen LogP contribution in [0.3, 0.4) is 0 Å². The van der Waals surface area contributed by atoms with E-state index in [1.807, 2.05) is 0 Å². The SMILES string of the molecule is CC[C@@]1(O)C(=O)OCc2c1cc1n(c2=O)Cc2c-1c(=O)c1cc(F)ccc1n2[C@H](CNC1CC1)C(C)C. The lowest BCUT2D eigenvalue weighted by molar-refractivity contribution is -0.172. The summed E-state index contributed by atoms with van der Waals surface area (Å²) in [4.78, 5) is 40.0. The Morgan fingerprint density at radius 3 is 2.65 bits per heavy atom. The zero-order valence-electron chi connectivity index (χ0n) is 21.1. The number of pyridine rings is 2. The lowest BCUT2D eigenvalue weighted by Crippen LogP contribution is -2.44. The van der Waals surface area contributed by atoms with E-state index in [4.69, 9.17) is 4.74 Å². The van der Waals surface area contributed by atoms with Crippen molar-refractivity contribution in [3.63, 3.8) is 0 Å². The van der Waals surface area contributed by atoms with E-state index in [1.165, 1.54) is 16.7 Å². The van der Waals surface area contributed by atoms with Gasteiger partial charge in [0.15, 0.2) is 11.0 Å². The monoisotopic (exact) mass is 507 g/mol. The van der Waals surface area contributed by atoms with Crippen molar-refractivity contribution in [3.8, 4) is 11.3 Å². The zero-order chi connectivity index (χ0) is 26.2. The summed E-state index contributed by atoms with van der Waals surface area (Å²) in [5, 5.41) is 15.0. The average Bonchev–Trinajstić information content (AvgIpc) is 3.62. The summed E-state index contributed by atoms with van der Waals surface area (Å²) in [5.74, 6) is -1.15. The van der Waals surface area contributed by atoms with Crippen LogP contribution in [0, 0.1) is 11.7 Å². The lowest BCUT2D eigenvalue weighted by Gasteiger charge is -2.31. The van der Waals surface area contributed by atoms with Crippen LogP contribution in [0.1, 0.15) is 62.9 Å². The van der Waals surface area contributed by atoms with Crippen molar-refractivity contribution in [3.05, 3.63) is 67.5 Å². The maximum absolute atomic E-state index is 14.4. The predicted octanol–water partition coefficient (Wildman–Crippen LogP) is 2.93. The highest BCUT2D eigenvalue weighted by Crippen LogP contribution is 2.39. The van der Waals surface area contributed by atoms with Gasteiger partial charge in [0, 0.05) is 29.6 Å². The molecule has 1 aromatic carbocycles. The van der Waals surface area contributed by atoms with E-state index in [0.717, 1.165) is 12.8 Å². The highest BCUT2D eigenvalue weighted by molar-refractivity contribution is 5.88. The van der Waals surface area contributed by atoms with Crippen molar-refractivity contribution in [1.82, 2.24) is 14.5 Å². The number of fused-ring (bicyclic) bond motifs is 5. The molecule has 3 aromatic rings.